The monoisotopic (exact) mass is 296 g/mol. The smallest absolute Gasteiger partial charge is 0.241 e. The van der Waals surface area contributed by atoms with Crippen LogP contribution in [0.5, 0.6) is 0 Å². The van der Waals surface area contributed by atoms with Gasteiger partial charge in [-0.2, -0.15) is 5.26 Å². The fourth-order valence-corrected chi connectivity index (χ4v) is 3.68. The van der Waals surface area contributed by atoms with Gasteiger partial charge in [-0.05, 0) is 12.1 Å². The Morgan fingerprint density at radius 2 is 2.09 bits per heavy atom. The highest BCUT2D eigenvalue weighted by atomic mass is 16.5. The van der Waals surface area contributed by atoms with E-state index in [0.717, 1.165) is 4.90 Å². The third kappa shape index (κ3) is 1.39. The molecule has 0 aliphatic carbocycles. The van der Waals surface area contributed by atoms with Crippen LogP contribution >= 0.6 is 0 Å². The van der Waals surface area contributed by atoms with Crippen LogP contribution in [0.4, 0.5) is 5.69 Å². The summed E-state index contributed by atoms with van der Waals surface area (Å²) in [5.41, 5.74) is -0.552. The number of para-hydroxylation sites is 1. The van der Waals surface area contributed by atoms with Crippen molar-refractivity contribution < 1.29 is 19.4 Å². The average Bonchev–Trinajstić information content (AvgIpc) is 3.18. The molecule has 6 nitrogen and oxygen atoms in total. The van der Waals surface area contributed by atoms with Gasteiger partial charge in [-0.3, -0.25) is 9.59 Å². The second-order valence-electron chi connectivity index (χ2n) is 5.70. The van der Waals surface area contributed by atoms with Gasteiger partial charge >= 0.3 is 0 Å². The molecule has 2 amide bonds. The number of hydrogen-bond acceptors (Lipinski definition) is 5. The van der Waals surface area contributed by atoms with Crippen LogP contribution < -0.4 is 4.90 Å². The predicted molar refractivity (Wildman–Crippen MR) is 74.5 cm³/mol. The molecule has 0 radical (unpaired) electrons. The van der Waals surface area contributed by atoms with Crippen LogP contribution in [0, 0.1) is 23.2 Å². The van der Waals surface area contributed by atoms with Crippen molar-refractivity contribution >= 4 is 17.5 Å². The number of nitriles is 1. The van der Waals surface area contributed by atoms with Gasteiger partial charge in [-0.1, -0.05) is 24.3 Å². The maximum Gasteiger partial charge on any atom is 0.241 e. The number of benzene rings is 1. The number of hydrogen-bond donors (Lipinski definition) is 1. The van der Waals surface area contributed by atoms with Crippen LogP contribution in [0.2, 0.25) is 0 Å². The van der Waals surface area contributed by atoms with E-state index in [2.05, 4.69) is 0 Å². The highest BCUT2D eigenvalue weighted by molar-refractivity contribution is 6.23. The van der Waals surface area contributed by atoms with Gasteiger partial charge in [-0.25, -0.2) is 4.90 Å². The molecule has 3 aliphatic rings. The number of aliphatic hydroxyl groups excluding tert-OH is 1. The summed E-state index contributed by atoms with van der Waals surface area (Å²) in [6.45, 7) is -0.353. The molecule has 2 fully saturated rings. The summed E-state index contributed by atoms with van der Waals surface area (Å²) in [5, 5.41) is 18.8. The standard InChI is InChI=1S/C16H12N2O4/c17-7-9-3-1-2-4-10(9)18-14(20)12-11-5-6-16(8-19,22-11)13(12)15(18)21/h1-6,11-13,19H,8H2/t11-,12-,13-,16+/m1/s1. The first-order valence-electron chi connectivity index (χ1n) is 6.98. The molecule has 110 valence electrons. The number of carbonyl (C=O) groups is 2. The van der Waals surface area contributed by atoms with Crippen molar-refractivity contribution in [3.8, 4) is 6.07 Å². The number of amides is 2. The topological polar surface area (TPSA) is 90.6 Å². The minimum absolute atomic E-state index is 0.267. The minimum Gasteiger partial charge on any atom is -0.393 e. The van der Waals surface area contributed by atoms with Crippen molar-refractivity contribution in [3.63, 3.8) is 0 Å². The van der Waals surface area contributed by atoms with E-state index >= 15 is 0 Å². The third-order valence-corrected chi connectivity index (χ3v) is 4.67. The quantitative estimate of drug-likeness (QED) is 0.628. The molecule has 0 aromatic heterocycles. The predicted octanol–water partition coefficient (Wildman–Crippen LogP) is 0.364. The second kappa shape index (κ2) is 4.26. The summed E-state index contributed by atoms with van der Waals surface area (Å²) in [6, 6.07) is 8.50. The van der Waals surface area contributed by atoms with Gasteiger partial charge in [-0.15, -0.1) is 0 Å². The molecule has 3 aliphatic heterocycles. The van der Waals surface area contributed by atoms with E-state index in [4.69, 9.17) is 4.74 Å². The minimum atomic E-state index is -1.11. The van der Waals surface area contributed by atoms with E-state index in [9.17, 15) is 20.0 Å². The van der Waals surface area contributed by atoms with Gasteiger partial charge in [0, 0.05) is 0 Å². The highest BCUT2D eigenvalue weighted by Crippen LogP contribution is 2.52. The van der Waals surface area contributed by atoms with Crippen molar-refractivity contribution in [1.29, 1.82) is 5.26 Å². The van der Waals surface area contributed by atoms with Gasteiger partial charge < -0.3 is 9.84 Å². The first kappa shape index (κ1) is 13.2. The van der Waals surface area contributed by atoms with E-state index in [0.29, 0.717) is 5.69 Å². The molecule has 6 heteroatoms. The first-order valence-corrected chi connectivity index (χ1v) is 6.98. The van der Waals surface area contributed by atoms with Crippen LogP contribution in [0.15, 0.2) is 36.4 Å². The molecule has 0 saturated carbocycles. The summed E-state index contributed by atoms with van der Waals surface area (Å²) in [4.78, 5) is 26.6. The third-order valence-electron chi connectivity index (χ3n) is 4.67. The fraction of sp³-hybridized carbons (Fsp3) is 0.312. The lowest BCUT2D eigenvalue weighted by molar-refractivity contribution is -0.128. The van der Waals surface area contributed by atoms with Gasteiger partial charge in [0.15, 0.2) is 0 Å². The van der Waals surface area contributed by atoms with Crippen molar-refractivity contribution in [1.82, 2.24) is 0 Å². The highest BCUT2D eigenvalue weighted by Gasteiger charge is 2.67. The Kier molecular flexibility index (Phi) is 2.55. The van der Waals surface area contributed by atoms with Crippen molar-refractivity contribution in [3.05, 3.63) is 42.0 Å². The maximum atomic E-state index is 12.8. The number of anilines is 1. The van der Waals surface area contributed by atoms with Gasteiger partial charge in [0.25, 0.3) is 0 Å². The molecule has 3 heterocycles. The summed E-state index contributed by atoms with van der Waals surface area (Å²) < 4.78 is 5.66. The summed E-state index contributed by atoms with van der Waals surface area (Å²) in [5.74, 6) is -2.15. The SMILES string of the molecule is N#Cc1ccccc1N1C(=O)[C@@H]2[C@H]3C=C[C@@](CO)(O3)[C@H]2C1=O. The lowest BCUT2D eigenvalue weighted by Crippen LogP contribution is -2.43. The lowest BCUT2D eigenvalue weighted by atomic mass is 9.77. The number of carbonyl (C=O) groups excluding carboxylic acids is 2. The average molecular weight is 296 g/mol. The van der Waals surface area contributed by atoms with Crippen LogP contribution in [-0.4, -0.2) is 35.2 Å². The Balaban J connectivity index is 1.82. The molecule has 0 spiro atoms. The van der Waals surface area contributed by atoms with Crippen LogP contribution in [0.25, 0.3) is 0 Å². The van der Waals surface area contributed by atoms with Crippen LogP contribution in [0.3, 0.4) is 0 Å². The Labute approximate surface area is 126 Å². The van der Waals surface area contributed by atoms with Crippen LogP contribution in [0.1, 0.15) is 5.56 Å². The second-order valence-corrected chi connectivity index (χ2v) is 5.70. The number of nitrogens with zero attached hydrogens (tertiary/aromatic N) is 2. The van der Waals surface area contributed by atoms with E-state index in [-0.39, 0.29) is 18.1 Å². The van der Waals surface area contributed by atoms with E-state index in [1.165, 1.54) is 0 Å². The number of rotatable bonds is 2. The normalized spacial score (nSPS) is 35.1. The molecular formula is C16H12N2O4. The van der Waals surface area contributed by atoms with E-state index < -0.39 is 29.4 Å². The molecule has 22 heavy (non-hydrogen) atoms. The molecule has 2 bridgehead atoms. The molecule has 4 atom stereocenters. The van der Waals surface area contributed by atoms with Crippen molar-refractivity contribution in [2.75, 3.05) is 11.5 Å². The van der Waals surface area contributed by atoms with E-state index in [1.807, 2.05) is 6.07 Å². The van der Waals surface area contributed by atoms with Gasteiger partial charge in [0.2, 0.25) is 11.8 Å². The summed E-state index contributed by atoms with van der Waals surface area (Å²) in [6.07, 6.45) is 2.90. The van der Waals surface area contributed by atoms with Gasteiger partial charge in [0.05, 0.1) is 35.8 Å². The number of fused-ring (bicyclic) bond motifs is 5. The van der Waals surface area contributed by atoms with Crippen LogP contribution in [-0.2, 0) is 14.3 Å². The molecule has 0 unspecified atom stereocenters. The van der Waals surface area contributed by atoms with Gasteiger partial charge in [0.1, 0.15) is 11.7 Å². The number of imide groups is 1. The summed E-state index contributed by atoms with van der Waals surface area (Å²) >= 11 is 0. The fourth-order valence-electron chi connectivity index (χ4n) is 3.68. The zero-order chi connectivity index (χ0) is 15.5. The molecule has 1 aromatic carbocycles. The zero-order valence-electron chi connectivity index (χ0n) is 11.5. The zero-order valence-corrected chi connectivity index (χ0v) is 11.5. The van der Waals surface area contributed by atoms with E-state index in [1.54, 1.807) is 36.4 Å². The Morgan fingerprint density at radius 1 is 1.32 bits per heavy atom. The first-order chi connectivity index (χ1) is 10.6. The molecule has 2 saturated heterocycles. The van der Waals surface area contributed by atoms with Crippen molar-refractivity contribution in [2.45, 2.75) is 11.7 Å². The molecule has 4 rings (SSSR count). The molecule has 1 N–H and O–H groups in total. The maximum absolute atomic E-state index is 12.8. The Bertz CT molecular complexity index is 766. The number of ether oxygens (including phenoxy) is 1. The number of aliphatic hydroxyl groups is 1. The Morgan fingerprint density at radius 3 is 2.82 bits per heavy atom. The summed E-state index contributed by atoms with van der Waals surface area (Å²) in [7, 11) is 0. The molecular weight excluding hydrogens is 284 g/mol. The molecule has 1 aromatic rings. The lowest BCUT2D eigenvalue weighted by Gasteiger charge is -2.26. The largest absolute Gasteiger partial charge is 0.393 e. The Hall–Kier alpha value is -2.49. The van der Waals surface area contributed by atoms with Crippen molar-refractivity contribution in [2.24, 2.45) is 11.8 Å².